The van der Waals surface area contributed by atoms with Crippen LogP contribution in [0.25, 0.3) is 0 Å². The van der Waals surface area contributed by atoms with Crippen LogP contribution >= 0.6 is 23.2 Å². The van der Waals surface area contributed by atoms with Crippen LogP contribution in [0.15, 0.2) is 23.3 Å². The Balaban J connectivity index is 1.53. The number of hydrogen-bond donors (Lipinski definition) is 1. The van der Waals surface area contributed by atoms with E-state index in [1.807, 2.05) is 11.0 Å². The molecule has 1 aromatic carbocycles. The van der Waals surface area contributed by atoms with Crippen LogP contribution in [0, 0.1) is 5.92 Å². The van der Waals surface area contributed by atoms with Crippen LogP contribution in [0.1, 0.15) is 19.3 Å². The van der Waals surface area contributed by atoms with Gasteiger partial charge in [-0.25, -0.2) is 0 Å². The Labute approximate surface area is 168 Å². The van der Waals surface area contributed by atoms with Gasteiger partial charge in [-0.3, -0.25) is 19.5 Å². The Morgan fingerprint density at radius 2 is 2.11 bits per heavy atom. The normalized spacial score (nSPS) is 20.3. The van der Waals surface area contributed by atoms with Gasteiger partial charge in [0.05, 0.1) is 35.3 Å². The summed E-state index contributed by atoms with van der Waals surface area (Å²) >= 11 is 12.0. The number of nitrogens with one attached hydrogen (secondary N) is 1. The van der Waals surface area contributed by atoms with Crippen molar-refractivity contribution in [3.8, 4) is 0 Å². The van der Waals surface area contributed by atoms with E-state index in [9.17, 15) is 9.59 Å². The minimum Gasteiger partial charge on any atom is -0.469 e. The average Bonchev–Trinajstić information content (AvgIpc) is 3.11. The number of anilines is 1. The quantitative estimate of drug-likeness (QED) is 0.768. The maximum Gasteiger partial charge on any atom is 0.309 e. The number of amides is 1. The van der Waals surface area contributed by atoms with Gasteiger partial charge in [-0.05, 0) is 37.6 Å². The molecule has 0 radical (unpaired) electrons. The molecule has 0 aromatic heterocycles. The van der Waals surface area contributed by atoms with Gasteiger partial charge in [-0.1, -0.05) is 23.2 Å². The number of methoxy groups -OCH3 is 1. The van der Waals surface area contributed by atoms with Crippen molar-refractivity contribution in [3.63, 3.8) is 0 Å². The number of piperidine rings is 1. The SMILES string of the molecule is COC(=O)C1CCCN(CC(=O)NC2=NN(c3ccc(Cl)c(Cl)c3)CC2)C1. The second-order valence-electron chi connectivity index (χ2n) is 6.66. The molecule has 0 bridgehead atoms. The molecule has 1 atom stereocenters. The Morgan fingerprint density at radius 1 is 1.30 bits per heavy atom. The number of likely N-dealkylation sites (tertiary alicyclic amines) is 1. The summed E-state index contributed by atoms with van der Waals surface area (Å²) in [7, 11) is 1.39. The highest BCUT2D eigenvalue weighted by molar-refractivity contribution is 6.42. The highest BCUT2D eigenvalue weighted by Crippen LogP contribution is 2.28. The molecule has 2 aliphatic heterocycles. The summed E-state index contributed by atoms with van der Waals surface area (Å²) in [6.07, 6.45) is 2.31. The van der Waals surface area contributed by atoms with Gasteiger partial charge in [0, 0.05) is 19.5 Å². The number of amidine groups is 1. The lowest BCUT2D eigenvalue weighted by atomic mass is 9.98. The number of ether oxygens (including phenoxy) is 1. The first kappa shape index (κ1) is 19.9. The lowest BCUT2D eigenvalue weighted by Gasteiger charge is -2.30. The van der Waals surface area contributed by atoms with Crippen molar-refractivity contribution in [1.82, 2.24) is 10.2 Å². The van der Waals surface area contributed by atoms with Gasteiger partial charge in [-0.2, -0.15) is 5.10 Å². The molecule has 1 N–H and O–H groups in total. The van der Waals surface area contributed by atoms with E-state index in [4.69, 9.17) is 27.9 Å². The van der Waals surface area contributed by atoms with Crippen molar-refractivity contribution in [2.45, 2.75) is 19.3 Å². The highest BCUT2D eigenvalue weighted by Gasteiger charge is 2.28. The molecule has 1 fully saturated rings. The van der Waals surface area contributed by atoms with E-state index < -0.39 is 0 Å². The zero-order valence-corrected chi connectivity index (χ0v) is 16.6. The molecule has 0 spiro atoms. The monoisotopic (exact) mass is 412 g/mol. The standard InChI is InChI=1S/C18H22Cl2N4O3/c1-27-18(26)12-3-2-7-23(10-12)11-17(25)21-16-6-8-24(22-16)13-4-5-14(19)15(20)9-13/h4-5,9,12H,2-3,6-8,10-11H2,1H3,(H,21,22,25). The first-order chi connectivity index (χ1) is 13.0. The van der Waals surface area contributed by atoms with E-state index in [0.717, 1.165) is 25.1 Å². The van der Waals surface area contributed by atoms with Crippen molar-refractivity contribution in [1.29, 1.82) is 0 Å². The Bertz CT molecular complexity index is 756. The van der Waals surface area contributed by atoms with E-state index >= 15 is 0 Å². The molecule has 1 saturated heterocycles. The molecule has 1 amide bonds. The molecule has 0 saturated carbocycles. The van der Waals surface area contributed by atoms with Gasteiger partial charge >= 0.3 is 5.97 Å². The number of carbonyl (C=O) groups is 2. The fraction of sp³-hybridized carbons (Fsp3) is 0.500. The van der Waals surface area contributed by atoms with Crippen LogP contribution in [-0.2, 0) is 14.3 Å². The molecule has 27 heavy (non-hydrogen) atoms. The molecular weight excluding hydrogens is 391 g/mol. The van der Waals surface area contributed by atoms with E-state index in [2.05, 4.69) is 10.4 Å². The second-order valence-corrected chi connectivity index (χ2v) is 7.48. The van der Waals surface area contributed by atoms with Gasteiger partial charge in [0.15, 0.2) is 0 Å². The number of benzene rings is 1. The Kier molecular flexibility index (Phi) is 6.57. The number of rotatable bonds is 4. The highest BCUT2D eigenvalue weighted by atomic mass is 35.5. The van der Waals surface area contributed by atoms with Gasteiger partial charge < -0.3 is 10.1 Å². The summed E-state index contributed by atoms with van der Waals surface area (Å²) in [6.45, 7) is 2.23. The number of esters is 1. The van der Waals surface area contributed by atoms with E-state index in [1.54, 1.807) is 17.1 Å². The first-order valence-corrected chi connectivity index (χ1v) is 9.62. The van der Waals surface area contributed by atoms with Crippen LogP contribution in [0.5, 0.6) is 0 Å². The van der Waals surface area contributed by atoms with Gasteiger partial charge in [0.25, 0.3) is 0 Å². The second kappa shape index (κ2) is 8.91. The summed E-state index contributed by atoms with van der Waals surface area (Å²) in [6, 6.07) is 5.31. The van der Waals surface area contributed by atoms with Gasteiger partial charge in [-0.15, -0.1) is 0 Å². The van der Waals surface area contributed by atoms with E-state index in [-0.39, 0.29) is 24.3 Å². The summed E-state index contributed by atoms with van der Waals surface area (Å²) in [5.41, 5.74) is 0.825. The third kappa shape index (κ3) is 5.12. The lowest BCUT2D eigenvalue weighted by molar-refractivity contribution is -0.147. The van der Waals surface area contributed by atoms with Crippen LogP contribution in [-0.4, -0.2) is 55.9 Å². The number of carbonyl (C=O) groups excluding carboxylic acids is 2. The van der Waals surface area contributed by atoms with Gasteiger partial charge in [0.2, 0.25) is 5.91 Å². The van der Waals surface area contributed by atoms with Crippen LogP contribution in [0.3, 0.4) is 0 Å². The van der Waals surface area contributed by atoms with Crippen molar-refractivity contribution in [3.05, 3.63) is 28.2 Å². The molecule has 2 aliphatic rings. The van der Waals surface area contributed by atoms with Crippen LogP contribution in [0.2, 0.25) is 10.0 Å². The minimum absolute atomic E-state index is 0.129. The third-order valence-electron chi connectivity index (χ3n) is 4.69. The average molecular weight is 413 g/mol. The molecule has 9 heteroatoms. The van der Waals surface area contributed by atoms with E-state index in [0.29, 0.717) is 35.4 Å². The molecule has 7 nitrogen and oxygen atoms in total. The smallest absolute Gasteiger partial charge is 0.309 e. The maximum atomic E-state index is 12.3. The predicted octanol–water partition coefficient (Wildman–Crippen LogP) is 2.52. The molecule has 1 unspecified atom stereocenters. The molecule has 0 aliphatic carbocycles. The van der Waals surface area contributed by atoms with Gasteiger partial charge in [0.1, 0.15) is 5.84 Å². The van der Waals surface area contributed by atoms with Crippen LogP contribution in [0.4, 0.5) is 5.69 Å². The fourth-order valence-electron chi connectivity index (χ4n) is 3.34. The van der Waals surface area contributed by atoms with E-state index in [1.165, 1.54) is 7.11 Å². The van der Waals surface area contributed by atoms with Crippen LogP contribution < -0.4 is 10.3 Å². The molecule has 146 valence electrons. The summed E-state index contributed by atoms with van der Waals surface area (Å²) in [5.74, 6) is 0.117. The lowest BCUT2D eigenvalue weighted by Crippen LogP contribution is -2.45. The number of halogens is 2. The Hall–Kier alpha value is -1.83. The molecule has 1 aromatic rings. The fourth-order valence-corrected chi connectivity index (χ4v) is 3.63. The summed E-state index contributed by atoms with van der Waals surface area (Å²) in [5, 5.41) is 10.0. The maximum absolute atomic E-state index is 12.3. The zero-order chi connectivity index (χ0) is 19.4. The zero-order valence-electron chi connectivity index (χ0n) is 15.1. The number of hydrazone groups is 1. The predicted molar refractivity (Wildman–Crippen MR) is 105 cm³/mol. The summed E-state index contributed by atoms with van der Waals surface area (Å²) in [4.78, 5) is 26.0. The summed E-state index contributed by atoms with van der Waals surface area (Å²) < 4.78 is 4.81. The van der Waals surface area contributed by atoms with Crippen molar-refractivity contribution < 1.29 is 14.3 Å². The topological polar surface area (TPSA) is 74.2 Å². The van der Waals surface area contributed by atoms with Crippen molar-refractivity contribution >= 4 is 46.6 Å². The largest absolute Gasteiger partial charge is 0.469 e. The Morgan fingerprint density at radius 3 is 2.85 bits per heavy atom. The van der Waals surface area contributed by atoms with Crippen molar-refractivity contribution in [2.24, 2.45) is 11.0 Å². The first-order valence-electron chi connectivity index (χ1n) is 8.86. The number of hydrogen-bond acceptors (Lipinski definition) is 6. The number of nitrogens with zero attached hydrogens (tertiary/aromatic N) is 3. The molecule has 3 rings (SSSR count). The minimum atomic E-state index is -0.211. The molecule has 2 heterocycles. The van der Waals surface area contributed by atoms with Crippen molar-refractivity contribution in [2.75, 3.05) is 38.3 Å². The molecular formula is C18H22Cl2N4O3. The third-order valence-corrected chi connectivity index (χ3v) is 5.43.